The highest BCUT2D eigenvalue weighted by molar-refractivity contribution is 6.06. The van der Waals surface area contributed by atoms with Crippen molar-refractivity contribution in [2.75, 3.05) is 6.54 Å². The second-order valence-electron chi connectivity index (χ2n) is 4.96. The minimum Gasteiger partial charge on any atom is -0.322 e. The van der Waals surface area contributed by atoms with Gasteiger partial charge in [0.2, 0.25) is 12.2 Å². The number of imide groups is 1. The molecule has 0 aliphatic rings. The molecule has 2 aromatic carbocycles. The van der Waals surface area contributed by atoms with E-state index in [0.29, 0.717) is 5.56 Å². The molecule has 0 heterocycles. The number of nitrogens with zero attached hydrogens (tertiary/aromatic N) is 1. The van der Waals surface area contributed by atoms with Crippen molar-refractivity contribution in [1.82, 2.24) is 4.90 Å². The van der Waals surface area contributed by atoms with Crippen LogP contribution in [0.1, 0.15) is 15.9 Å². The van der Waals surface area contributed by atoms with Crippen LogP contribution in [-0.4, -0.2) is 35.6 Å². The lowest BCUT2D eigenvalue weighted by Gasteiger charge is -2.25. The van der Waals surface area contributed by atoms with Crippen LogP contribution in [0.25, 0.3) is 0 Å². The van der Waals surface area contributed by atoms with Gasteiger partial charge < -0.3 is 5.73 Å². The SMILES string of the molecule is NCC(=O)N(C(=O)c1ccccc1)[C@H]([C]=O)Cc1ccccc1. The molecule has 0 spiro atoms. The van der Waals surface area contributed by atoms with Crippen molar-refractivity contribution in [2.45, 2.75) is 12.5 Å². The first kappa shape index (κ1) is 16.6. The molecule has 0 saturated carbocycles. The minimum atomic E-state index is -1.01. The highest BCUT2D eigenvalue weighted by atomic mass is 16.2. The third-order valence-electron chi connectivity index (χ3n) is 3.40. The number of nitrogens with two attached hydrogens (primary N) is 1. The molecule has 0 saturated heterocycles. The van der Waals surface area contributed by atoms with E-state index in [1.165, 1.54) is 0 Å². The summed E-state index contributed by atoms with van der Waals surface area (Å²) in [6.07, 6.45) is 2.00. The molecule has 5 heteroatoms. The second kappa shape index (κ2) is 8.00. The molecule has 1 atom stereocenters. The van der Waals surface area contributed by atoms with Gasteiger partial charge in [0.1, 0.15) is 6.04 Å². The molecule has 2 aromatic rings. The lowest BCUT2D eigenvalue weighted by Crippen LogP contribution is -2.49. The Hall–Kier alpha value is -2.79. The number of hydrogen-bond acceptors (Lipinski definition) is 4. The molecule has 0 aliphatic heterocycles. The minimum absolute atomic E-state index is 0.203. The Morgan fingerprint density at radius 1 is 1.00 bits per heavy atom. The van der Waals surface area contributed by atoms with E-state index in [4.69, 9.17) is 5.73 Å². The topological polar surface area (TPSA) is 80.5 Å². The fraction of sp³-hybridized carbons (Fsp3) is 0.167. The summed E-state index contributed by atoms with van der Waals surface area (Å²) in [5.74, 6) is -1.16. The summed E-state index contributed by atoms with van der Waals surface area (Å²) < 4.78 is 0. The van der Waals surface area contributed by atoms with Crippen LogP contribution in [0.4, 0.5) is 0 Å². The molecular formula is C18H17N2O3. The van der Waals surface area contributed by atoms with Gasteiger partial charge in [-0.25, -0.2) is 0 Å². The van der Waals surface area contributed by atoms with E-state index in [0.717, 1.165) is 10.5 Å². The van der Waals surface area contributed by atoms with Gasteiger partial charge in [0, 0.05) is 12.0 Å². The third kappa shape index (κ3) is 4.11. The van der Waals surface area contributed by atoms with Crippen LogP contribution >= 0.6 is 0 Å². The zero-order chi connectivity index (χ0) is 16.7. The fourth-order valence-electron chi connectivity index (χ4n) is 2.27. The second-order valence-corrected chi connectivity index (χ2v) is 4.96. The lowest BCUT2D eigenvalue weighted by molar-refractivity contribution is -0.128. The zero-order valence-corrected chi connectivity index (χ0v) is 12.5. The number of amides is 2. The van der Waals surface area contributed by atoms with Gasteiger partial charge in [0.15, 0.2) is 0 Å². The van der Waals surface area contributed by atoms with Gasteiger partial charge >= 0.3 is 0 Å². The first-order chi connectivity index (χ1) is 11.2. The van der Waals surface area contributed by atoms with Crippen molar-refractivity contribution in [3.05, 3.63) is 71.8 Å². The summed E-state index contributed by atoms with van der Waals surface area (Å²) in [5, 5.41) is 0. The van der Waals surface area contributed by atoms with Crippen molar-refractivity contribution in [3.8, 4) is 0 Å². The van der Waals surface area contributed by atoms with Crippen molar-refractivity contribution in [3.63, 3.8) is 0 Å². The summed E-state index contributed by atoms with van der Waals surface area (Å²) in [4.78, 5) is 37.0. The van der Waals surface area contributed by atoms with Gasteiger partial charge in [0.05, 0.1) is 6.54 Å². The van der Waals surface area contributed by atoms with Crippen LogP contribution in [-0.2, 0) is 16.0 Å². The van der Waals surface area contributed by atoms with E-state index in [9.17, 15) is 14.4 Å². The normalized spacial score (nSPS) is 11.5. The molecule has 2 N–H and O–H groups in total. The van der Waals surface area contributed by atoms with Gasteiger partial charge in [-0.15, -0.1) is 0 Å². The largest absolute Gasteiger partial charge is 0.322 e. The molecule has 2 rings (SSSR count). The number of benzene rings is 2. The maximum Gasteiger partial charge on any atom is 0.261 e. The predicted octanol–water partition coefficient (Wildman–Crippen LogP) is 1.34. The van der Waals surface area contributed by atoms with E-state index < -0.39 is 17.9 Å². The van der Waals surface area contributed by atoms with Crippen LogP contribution in [0, 0.1) is 0 Å². The fourth-order valence-corrected chi connectivity index (χ4v) is 2.27. The molecular weight excluding hydrogens is 292 g/mol. The molecule has 5 nitrogen and oxygen atoms in total. The zero-order valence-electron chi connectivity index (χ0n) is 12.5. The molecule has 0 bridgehead atoms. The van der Waals surface area contributed by atoms with E-state index in [1.807, 2.05) is 30.3 Å². The average molecular weight is 309 g/mol. The van der Waals surface area contributed by atoms with E-state index in [-0.39, 0.29) is 13.0 Å². The summed E-state index contributed by atoms with van der Waals surface area (Å²) >= 11 is 0. The van der Waals surface area contributed by atoms with E-state index >= 15 is 0 Å². The average Bonchev–Trinajstić information content (AvgIpc) is 2.62. The first-order valence-corrected chi connectivity index (χ1v) is 7.20. The van der Waals surface area contributed by atoms with Gasteiger partial charge in [-0.05, 0) is 17.7 Å². The summed E-state index contributed by atoms with van der Waals surface area (Å²) in [7, 11) is 0. The van der Waals surface area contributed by atoms with E-state index in [2.05, 4.69) is 0 Å². The number of rotatable bonds is 6. The maximum absolute atomic E-state index is 12.6. The quantitative estimate of drug-likeness (QED) is 0.873. The Morgan fingerprint density at radius 2 is 1.57 bits per heavy atom. The van der Waals surface area contributed by atoms with Crippen LogP contribution in [0.3, 0.4) is 0 Å². The molecule has 1 radical (unpaired) electrons. The summed E-state index contributed by atoms with van der Waals surface area (Å²) in [6.45, 7) is -0.356. The highest BCUT2D eigenvalue weighted by Crippen LogP contribution is 2.12. The van der Waals surface area contributed by atoms with Gasteiger partial charge in [-0.2, -0.15) is 0 Å². The van der Waals surface area contributed by atoms with E-state index in [1.54, 1.807) is 36.6 Å². The Kier molecular flexibility index (Phi) is 5.77. The van der Waals surface area contributed by atoms with Crippen molar-refractivity contribution < 1.29 is 14.4 Å². The van der Waals surface area contributed by atoms with Gasteiger partial charge in [-0.1, -0.05) is 48.5 Å². The lowest BCUT2D eigenvalue weighted by atomic mass is 10.0. The number of hydrogen-bond donors (Lipinski definition) is 1. The Labute approximate surface area is 134 Å². The smallest absolute Gasteiger partial charge is 0.261 e. The molecule has 117 valence electrons. The van der Waals surface area contributed by atoms with Crippen molar-refractivity contribution in [1.29, 1.82) is 0 Å². The summed E-state index contributed by atoms with van der Waals surface area (Å²) in [5.41, 5.74) is 6.55. The monoisotopic (exact) mass is 309 g/mol. The Bertz CT molecular complexity index is 671. The molecule has 0 unspecified atom stereocenters. The first-order valence-electron chi connectivity index (χ1n) is 7.20. The Balaban J connectivity index is 2.31. The highest BCUT2D eigenvalue weighted by Gasteiger charge is 2.30. The standard InChI is InChI=1S/C18H17N2O3/c19-12-17(22)20(18(23)15-9-5-2-6-10-15)16(13-21)11-14-7-3-1-4-8-14/h1-10,16H,11-12,19H2/t16-/m0/s1. The number of carbonyl (C=O) groups is 2. The maximum atomic E-state index is 12.6. The van der Waals surface area contributed by atoms with Crippen LogP contribution < -0.4 is 5.73 Å². The van der Waals surface area contributed by atoms with Crippen LogP contribution in [0.15, 0.2) is 60.7 Å². The molecule has 0 aliphatic carbocycles. The van der Waals surface area contributed by atoms with Crippen LogP contribution in [0.5, 0.6) is 0 Å². The molecule has 23 heavy (non-hydrogen) atoms. The Morgan fingerprint density at radius 3 is 2.09 bits per heavy atom. The summed E-state index contributed by atoms with van der Waals surface area (Å²) in [6, 6.07) is 16.4. The molecule has 0 fully saturated rings. The molecule has 0 aromatic heterocycles. The number of carbonyl (C=O) groups excluding carboxylic acids is 3. The third-order valence-corrected chi connectivity index (χ3v) is 3.40. The van der Waals surface area contributed by atoms with Crippen molar-refractivity contribution >= 4 is 18.1 Å². The van der Waals surface area contributed by atoms with Gasteiger partial charge in [-0.3, -0.25) is 19.3 Å². The predicted molar refractivity (Wildman–Crippen MR) is 86.3 cm³/mol. The van der Waals surface area contributed by atoms with Crippen LogP contribution in [0.2, 0.25) is 0 Å². The van der Waals surface area contributed by atoms with Gasteiger partial charge in [0.25, 0.3) is 5.91 Å². The molecule has 2 amide bonds. The van der Waals surface area contributed by atoms with Crippen molar-refractivity contribution in [2.24, 2.45) is 5.73 Å².